The number of nitrogens with two attached hydrogens (primary N) is 1. The normalized spacial score (nSPS) is 12.4. The fraction of sp³-hybridized carbons (Fsp3) is 0.300. The van der Waals surface area contributed by atoms with Gasteiger partial charge in [0.05, 0.1) is 12.2 Å². The van der Waals surface area contributed by atoms with Crippen molar-refractivity contribution in [3.63, 3.8) is 0 Å². The third kappa shape index (κ3) is 2.83. The number of halogens is 1. The second-order valence-corrected chi connectivity index (χ2v) is 5.27. The summed E-state index contributed by atoms with van der Waals surface area (Å²) in [6, 6.07) is 0.0282. The second-order valence-electron chi connectivity index (χ2n) is 3.60. The fourth-order valence-electron chi connectivity index (χ4n) is 1.32. The van der Waals surface area contributed by atoms with E-state index in [-0.39, 0.29) is 12.0 Å². The molecule has 1 unspecified atom stereocenters. The summed E-state index contributed by atoms with van der Waals surface area (Å²) >= 11 is 7.61. The SMILES string of the molecule is Cc1cnc(C(C)Nc2nc(N)ncc2Cl)s1. The summed E-state index contributed by atoms with van der Waals surface area (Å²) in [7, 11) is 0. The zero-order chi connectivity index (χ0) is 12.4. The van der Waals surface area contributed by atoms with E-state index >= 15 is 0 Å². The molecule has 0 fully saturated rings. The summed E-state index contributed by atoms with van der Waals surface area (Å²) in [6.07, 6.45) is 3.32. The minimum Gasteiger partial charge on any atom is -0.368 e. The molecule has 0 aliphatic rings. The van der Waals surface area contributed by atoms with Gasteiger partial charge in [0.1, 0.15) is 10.0 Å². The Morgan fingerprint density at radius 1 is 1.41 bits per heavy atom. The summed E-state index contributed by atoms with van der Waals surface area (Å²) in [5, 5.41) is 4.59. The molecule has 2 aromatic rings. The van der Waals surface area contributed by atoms with Crippen molar-refractivity contribution in [3.05, 3.63) is 27.3 Å². The van der Waals surface area contributed by atoms with E-state index in [1.807, 2.05) is 20.0 Å². The number of nitrogen functional groups attached to an aromatic ring is 1. The highest BCUT2D eigenvalue weighted by atomic mass is 35.5. The van der Waals surface area contributed by atoms with Crippen LogP contribution in [0.4, 0.5) is 11.8 Å². The molecular weight excluding hydrogens is 258 g/mol. The minimum atomic E-state index is 0.0282. The first-order valence-electron chi connectivity index (χ1n) is 5.03. The fourth-order valence-corrected chi connectivity index (χ4v) is 2.24. The van der Waals surface area contributed by atoms with E-state index in [4.69, 9.17) is 17.3 Å². The second kappa shape index (κ2) is 4.85. The molecule has 0 aromatic carbocycles. The summed E-state index contributed by atoms with van der Waals surface area (Å²) in [5.74, 6) is 0.721. The third-order valence-corrected chi connectivity index (χ3v) is 3.50. The van der Waals surface area contributed by atoms with Gasteiger partial charge in [0.15, 0.2) is 5.82 Å². The zero-order valence-corrected chi connectivity index (χ0v) is 11.0. The lowest BCUT2D eigenvalue weighted by atomic mass is 10.3. The predicted molar refractivity (Wildman–Crippen MR) is 70.3 cm³/mol. The Morgan fingerprint density at radius 3 is 2.82 bits per heavy atom. The van der Waals surface area contributed by atoms with Gasteiger partial charge in [-0.05, 0) is 13.8 Å². The van der Waals surface area contributed by atoms with Crippen molar-refractivity contribution >= 4 is 34.7 Å². The van der Waals surface area contributed by atoms with E-state index in [1.165, 1.54) is 11.1 Å². The van der Waals surface area contributed by atoms with Crippen LogP contribution in [0, 0.1) is 6.92 Å². The van der Waals surface area contributed by atoms with Gasteiger partial charge in [-0.2, -0.15) is 4.98 Å². The molecule has 0 spiro atoms. The van der Waals surface area contributed by atoms with Crippen LogP contribution in [0.3, 0.4) is 0 Å². The average molecular weight is 270 g/mol. The Bertz CT molecular complexity index is 527. The molecule has 17 heavy (non-hydrogen) atoms. The van der Waals surface area contributed by atoms with Gasteiger partial charge in [0.2, 0.25) is 5.95 Å². The van der Waals surface area contributed by atoms with Crippen LogP contribution < -0.4 is 11.1 Å². The van der Waals surface area contributed by atoms with Crippen molar-refractivity contribution in [2.45, 2.75) is 19.9 Å². The molecule has 0 bridgehead atoms. The third-order valence-electron chi connectivity index (χ3n) is 2.13. The monoisotopic (exact) mass is 269 g/mol. The Morgan fingerprint density at radius 2 is 2.18 bits per heavy atom. The maximum atomic E-state index is 5.97. The molecule has 2 rings (SSSR count). The smallest absolute Gasteiger partial charge is 0.222 e. The molecule has 7 heteroatoms. The molecule has 0 saturated heterocycles. The molecule has 0 radical (unpaired) electrons. The van der Waals surface area contributed by atoms with Crippen molar-refractivity contribution in [2.24, 2.45) is 0 Å². The number of hydrogen-bond donors (Lipinski definition) is 2. The summed E-state index contributed by atoms with van der Waals surface area (Å²) in [5.41, 5.74) is 5.51. The Kier molecular flexibility index (Phi) is 3.44. The van der Waals surface area contributed by atoms with Crippen molar-refractivity contribution in [2.75, 3.05) is 11.1 Å². The summed E-state index contributed by atoms with van der Waals surface area (Å²) < 4.78 is 0. The predicted octanol–water partition coefficient (Wildman–Crippen LogP) is 2.65. The summed E-state index contributed by atoms with van der Waals surface area (Å²) in [4.78, 5) is 13.3. The standard InChI is InChI=1S/C10H12ClN5S/c1-5-3-13-9(17-5)6(2)15-8-7(11)4-14-10(12)16-8/h3-4,6H,1-2H3,(H3,12,14,15,16). The van der Waals surface area contributed by atoms with Gasteiger partial charge >= 0.3 is 0 Å². The highest BCUT2D eigenvalue weighted by Gasteiger charge is 2.12. The molecule has 2 aromatic heterocycles. The van der Waals surface area contributed by atoms with Gasteiger partial charge in [-0.1, -0.05) is 11.6 Å². The molecule has 3 N–H and O–H groups in total. The van der Waals surface area contributed by atoms with Crippen LogP contribution in [-0.2, 0) is 0 Å². The summed E-state index contributed by atoms with van der Waals surface area (Å²) in [6.45, 7) is 4.01. The van der Waals surface area contributed by atoms with Crippen LogP contribution in [0.25, 0.3) is 0 Å². The van der Waals surface area contributed by atoms with Gasteiger partial charge < -0.3 is 11.1 Å². The molecule has 0 aliphatic heterocycles. The number of aryl methyl sites for hydroxylation is 1. The van der Waals surface area contributed by atoms with Gasteiger partial charge in [-0.25, -0.2) is 9.97 Å². The number of aromatic nitrogens is 3. The molecule has 0 aliphatic carbocycles. The first-order chi connectivity index (χ1) is 8.06. The minimum absolute atomic E-state index is 0.0282. The average Bonchev–Trinajstić information content (AvgIpc) is 2.70. The molecule has 1 atom stereocenters. The first kappa shape index (κ1) is 12.1. The maximum absolute atomic E-state index is 5.97. The number of rotatable bonds is 3. The number of nitrogens with one attached hydrogen (secondary N) is 1. The van der Waals surface area contributed by atoms with Crippen molar-refractivity contribution in [1.82, 2.24) is 15.0 Å². The van der Waals surface area contributed by atoms with E-state index in [9.17, 15) is 0 Å². The van der Waals surface area contributed by atoms with Crippen LogP contribution in [0.5, 0.6) is 0 Å². The lowest BCUT2D eigenvalue weighted by Gasteiger charge is -2.12. The first-order valence-corrected chi connectivity index (χ1v) is 6.22. The zero-order valence-electron chi connectivity index (χ0n) is 9.44. The number of anilines is 2. The Hall–Kier alpha value is -1.40. The molecule has 2 heterocycles. The number of nitrogens with zero attached hydrogens (tertiary/aromatic N) is 3. The van der Waals surface area contributed by atoms with Gasteiger partial charge in [0, 0.05) is 11.1 Å². The van der Waals surface area contributed by atoms with Gasteiger partial charge in [-0.3, -0.25) is 0 Å². The van der Waals surface area contributed by atoms with E-state index in [2.05, 4.69) is 20.3 Å². The largest absolute Gasteiger partial charge is 0.368 e. The number of hydrogen-bond acceptors (Lipinski definition) is 6. The van der Waals surface area contributed by atoms with E-state index in [0.717, 1.165) is 5.01 Å². The van der Waals surface area contributed by atoms with Gasteiger partial charge in [0.25, 0.3) is 0 Å². The maximum Gasteiger partial charge on any atom is 0.222 e. The van der Waals surface area contributed by atoms with Crippen LogP contribution in [0.15, 0.2) is 12.4 Å². The van der Waals surface area contributed by atoms with Crippen LogP contribution in [0.2, 0.25) is 5.02 Å². The highest BCUT2D eigenvalue weighted by Crippen LogP contribution is 2.26. The van der Waals surface area contributed by atoms with E-state index in [1.54, 1.807) is 11.3 Å². The molecular formula is C10H12ClN5S. The van der Waals surface area contributed by atoms with Crippen molar-refractivity contribution < 1.29 is 0 Å². The van der Waals surface area contributed by atoms with Crippen LogP contribution in [0.1, 0.15) is 22.9 Å². The van der Waals surface area contributed by atoms with Crippen LogP contribution in [-0.4, -0.2) is 15.0 Å². The van der Waals surface area contributed by atoms with E-state index in [0.29, 0.717) is 10.8 Å². The van der Waals surface area contributed by atoms with E-state index < -0.39 is 0 Å². The number of thiazole rings is 1. The van der Waals surface area contributed by atoms with Crippen molar-refractivity contribution in [1.29, 1.82) is 0 Å². The molecule has 0 amide bonds. The quantitative estimate of drug-likeness (QED) is 0.896. The van der Waals surface area contributed by atoms with Crippen molar-refractivity contribution in [3.8, 4) is 0 Å². The lowest BCUT2D eigenvalue weighted by molar-refractivity contribution is 0.859. The topological polar surface area (TPSA) is 76.7 Å². The highest BCUT2D eigenvalue weighted by molar-refractivity contribution is 7.11. The molecule has 90 valence electrons. The Labute approximate surface area is 108 Å². The lowest BCUT2D eigenvalue weighted by Crippen LogP contribution is -2.09. The molecule has 5 nitrogen and oxygen atoms in total. The molecule has 0 saturated carbocycles. The Balaban J connectivity index is 2.18. The van der Waals surface area contributed by atoms with Crippen LogP contribution >= 0.6 is 22.9 Å². The van der Waals surface area contributed by atoms with Gasteiger partial charge in [-0.15, -0.1) is 11.3 Å².